The molecule has 1 aromatic carbocycles. The number of nitrogens with one attached hydrogen (secondary N) is 2. The normalized spacial score (nSPS) is 12.8. The van der Waals surface area contributed by atoms with Crippen molar-refractivity contribution in [2.24, 2.45) is 0 Å². The molecule has 2 N–H and O–H groups in total. The van der Waals surface area contributed by atoms with Crippen LogP contribution in [0.1, 0.15) is 33.0 Å². The van der Waals surface area contributed by atoms with Gasteiger partial charge in [-0.05, 0) is 31.9 Å². The molecule has 0 aliphatic heterocycles. The highest BCUT2D eigenvalue weighted by molar-refractivity contribution is 5.95. The van der Waals surface area contributed by atoms with Gasteiger partial charge in [-0.3, -0.25) is 15.6 Å². The minimum atomic E-state index is -0.190. The summed E-state index contributed by atoms with van der Waals surface area (Å²) in [5.74, 6) is 1.17. The maximum Gasteiger partial charge on any atom is 0.273 e. The zero-order valence-electron chi connectivity index (χ0n) is 11.5. The zero-order chi connectivity index (χ0) is 14.1. The van der Waals surface area contributed by atoms with Gasteiger partial charge in [0.15, 0.2) is 0 Å². The fraction of sp³-hybridized carbons (Fsp3) is 0.188. The average Bonchev–Trinajstić information content (AvgIpc) is 2.99. The summed E-state index contributed by atoms with van der Waals surface area (Å²) in [5, 5.41) is 0. The molecule has 4 heteroatoms. The van der Waals surface area contributed by atoms with E-state index in [9.17, 15) is 4.79 Å². The highest BCUT2D eigenvalue weighted by atomic mass is 16.3. The molecule has 3 rings (SSSR count). The van der Waals surface area contributed by atoms with Gasteiger partial charge in [-0.25, -0.2) is 0 Å². The first-order valence-electron chi connectivity index (χ1n) is 6.57. The number of carbonyl (C=O) groups is 1. The number of fused-ring (bicyclic) bond motifs is 1. The molecule has 0 unspecified atom stereocenters. The first kappa shape index (κ1) is 12.5. The Labute approximate surface area is 117 Å². The highest BCUT2D eigenvalue weighted by Gasteiger charge is 2.16. The van der Waals surface area contributed by atoms with Gasteiger partial charge < -0.3 is 4.42 Å². The van der Waals surface area contributed by atoms with Crippen LogP contribution in [0.15, 0.2) is 40.8 Å². The summed E-state index contributed by atoms with van der Waals surface area (Å²) in [6, 6.07) is 9.88. The van der Waals surface area contributed by atoms with Gasteiger partial charge in [-0.15, -0.1) is 0 Å². The third-order valence-electron chi connectivity index (χ3n) is 3.43. The van der Waals surface area contributed by atoms with Crippen molar-refractivity contribution in [1.82, 2.24) is 10.9 Å². The van der Waals surface area contributed by atoms with Crippen LogP contribution in [0.4, 0.5) is 0 Å². The molecule has 102 valence electrons. The lowest BCUT2D eigenvalue weighted by Gasteiger charge is -2.10. The molecule has 1 amide bonds. The number of allylic oxidation sites excluding steroid dienone is 1. The molecule has 1 aliphatic carbocycles. The van der Waals surface area contributed by atoms with Gasteiger partial charge >= 0.3 is 0 Å². The molecule has 1 aromatic heterocycles. The van der Waals surface area contributed by atoms with Crippen molar-refractivity contribution in [3.8, 4) is 0 Å². The molecule has 4 nitrogen and oxygen atoms in total. The van der Waals surface area contributed by atoms with Gasteiger partial charge in [-0.1, -0.05) is 30.3 Å². The number of amides is 1. The minimum absolute atomic E-state index is 0.190. The topological polar surface area (TPSA) is 54.3 Å². The summed E-state index contributed by atoms with van der Waals surface area (Å²) in [7, 11) is 0. The molecule has 1 heterocycles. The fourth-order valence-electron chi connectivity index (χ4n) is 2.45. The van der Waals surface area contributed by atoms with E-state index in [-0.39, 0.29) is 5.91 Å². The van der Waals surface area contributed by atoms with Crippen LogP contribution in [0.25, 0.3) is 5.70 Å². The number of hydrazine groups is 1. The molecular formula is C16H16N2O2. The number of hydrogen-bond donors (Lipinski definition) is 2. The molecule has 1 aliphatic rings. The van der Waals surface area contributed by atoms with Crippen molar-refractivity contribution in [3.63, 3.8) is 0 Å². The van der Waals surface area contributed by atoms with Crippen molar-refractivity contribution < 1.29 is 9.21 Å². The predicted octanol–water partition coefficient (Wildman–Crippen LogP) is 2.73. The van der Waals surface area contributed by atoms with Gasteiger partial charge in [0.1, 0.15) is 11.5 Å². The quantitative estimate of drug-likeness (QED) is 0.842. The lowest BCUT2D eigenvalue weighted by atomic mass is 10.1. The number of benzene rings is 1. The second-order valence-corrected chi connectivity index (χ2v) is 4.89. The van der Waals surface area contributed by atoms with Crippen LogP contribution in [0.2, 0.25) is 0 Å². The maximum absolute atomic E-state index is 12.1. The third-order valence-corrected chi connectivity index (χ3v) is 3.43. The molecule has 0 saturated carbocycles. The number of hydrogen-bond acceptors (Lipinski definition) is 3. The Kier molecular flexibility index (Phi) is 3.06. The van der Waals surface area contributed by atoms with E-state index in [0.717, 1.165) is 23.4 Å². The van der Waals surface area contributed by atoms with E-state index < -0.39 is 0 Å². The molecule has 20 heavy (non-hydrogen) atoms. The molecule has 0 saturated heterocycles. The summed E-state index contributed by atoms with van der Waals surface area (Å²) >= 11 is 0. The molecule has 0 atom stereocenters. The smallest absolute Gasteiger partial charge is 0.273 e. The monoisotopic (exact) mass is 268 g/mol. The van der Waals surface area contributed by atoms with E-state index in [1.165, 1.54) is 5.56 Å². The van der Waals surface area contributed by atoms with E-state index >= 15 is 0 Å². The second kappa shape index (κ2) is 4.89. The molecular weight excluding hydrogens is 252 g/mol. The highest BCUT2D eigenvalue weighted by Crippen LogP contribution is 2.24. The average molecular weight is 268 g/mol. The van der Waals surface area contributed by atoms with E-state index in [2.05, 4.69) is 23.0 Å². The van der Waals surface area contributed by atoms with Crippen LogP contribution in [0, 0.1) is 13.8 Å². The van der Waals surface area contributed by atoms with Gasteiger partial charge in [0.25, 0.3) is 5.91 Å². The van der Waals surface area contributed by atoms with E-state index in [4.69, 9.17) is 4.42 Å². The molecule has 0 bridgehead atoms. The van der Waals surface area contributed by atoms with Crippen molar-refractivity contribution in [2.75, 3.05) is 0 Å². The minimum Gasteiger partial charge on any atom is -0.466 e. The number of rotatable bonds is 3. The van der Waals surface area contributed by atoms with Crippen molar-refractivity contribution in [3.05, 3.63) is 64.6 Å². The summed E-state index contributed by atoms with van der Waals surface area (Å²) in [6.07, 6.45) is 2.96. The standard InChI is InChI=1S/C16H16N2O2/c1-10-9-14(11(2)20-10)16(19)18-17-15-8-7-12-5-3-4-6-13(12)15/h3-6,8-9,17H,7H2,1-2H3,(H,18,19). The van der Waals surface area contributed by atoms with Gasteiger partial charge in [0.05, 0.1) is 11.3 Å². The summed E-state index contributed by atoms with van der Waals surface area (Å²) < 4.78 is 5.36. The molecule has 0 radical (unpaired) electrons. The SMILES string of the molecule is Cc1cc(C(=O)NNC2=CCc3ccccc32)c(C)o1. The second-order valence-electron chi connectivity index (χ2n) is 4.89. The summed E-state index contributed by atoms with van der Waals surface area (Å²) in [6.45, 7) is 3.61. The van der Waals surface area contributed by atoms with E-state index in [1.54, 1.807) is 13.0 Å². The lowest BCUT2D eigenvalue weighted by molar-refractivity contribution is 0.0941. The van der Waals surface area contributed by atoms with Gasteiger partial charge in [0, 0.05) is 5.56 Å². The third kappa shape index (κ3) is 2.20. The maximum atomic E-state index is 12.1. The Morgan fingerprint density at radius 2 is 2.05 bits per heavy atom. The van der Waals surface area contributed by atoms with Crippen LogP contribution in [-0.4, -0.2) is 5.91 Å². The Bertz CT molecular complexity index is 698. The van der Waals surface area contributed by atoms with Crippen LogP contribution >= 0.6 is 0 Å². The first-order chi connectivity index (χ1) is 9.65. The van der Waals surface area contributed by atoms with Crippen molar-refractivity contribution >= 4 is 11.6 Å². The van der Waals surface area contributed by atoms with Crippen molar-refractivity contribution in [1.29, 1.82) is 0 Å². The summed E-state index contributed by atoms with van der Waals surface area (Å²) in [5.41, 5.74) is 9.60. The van der Waals surface area contributed by atoms with Crippen molar-refractivity contribution in [2.45, 2.75) is 20.3 Å². The Morgan fingerprint density at radius 3 is 2.80 bits per heavy atom. The number of aryl methyl sites for hydroxylation is 2. The van der Waals surface area contributed by atoms with Crippen LogP contribution in [0.3, 0.4) is 0 Å². The fourth-order valence-corrected chi connectivity index (χ4v) is 2.45. The predicted molar refractivity (Wildman–Crippen MR) is 76.9 cm³/mol. The van der Waals surface area contributed by atoms with E-state index in [1.807, 2.05) is 25.1 Å². The molecule has 2 aromatic rings. The first-order valence-corrected chi connectivity index (χ1v) is 6.57. The Balaban J connectivity index is 1.69. The van der Waals surface area contributed by atoms with Gasteiger partial charge in [-0.2, -0.15) is 0 Å². The van der Waals surface area contributed by atoms with Gasteiger partial charge in [0.2, 0.25) is 0 Å². The molecule has 0 fully saturated rings. The Morgan fingerprint density at radius 1 is 1.25 bits per heavy atom. The van der Waals surface area contributed by atoms with Crippen LogP contribution in [-0.2, 0) is 6.42 Å². The number of carbonyl (C=O) groups excluding carboxylic acids is 1. The Hall–Kier alpha value is -2.49. The summed E-state index contributed by atoms with van der Waals surface area (Å²) in [4.78, 5) is 12.1. The number of furan rings is 1. The largest absolute Gasteiger partial charge is 0.466 e. The zero-order valence-corrected chi connectivity index (χ0v) is 11.5. The molecule has 0 spiro atoms. The van der Waals surface area contributed by atoms with Crippen LogP contribution in [0.5, 0.6) is 0 Å². The van der Waals surface area contributed by atoms with E-state index in [0.29, 0.717) is 11.3 Å². The lowest BCUT2D eigenvalue weighted by Crippen LogP contribution is -2.36. The van der Waals surface area contributed by atoms with Crippen LogP contribution < -0.4 is 10.9 Å².